The highest BCUT2D eigenvalue weighted by atomic mass is 35.5. The minimum atomic E-state index is 0.0423. The van der Waals surface area contributed by atoms with E-state index >= 15 is 0 Å². The van der Waals surface area contributed by atoms with Gasteiger partial charge in [-0.25, -0.2) is 0 Å². The molecule has 2 aromatic carbocycles. The summed E-state index contributed by atoms with van der Waals surface area (Å²) in [5, 5.41) is 10.0. The first kappa shape index (κ1) is 17.6. The van der Waals surface area contributed by atoms with Crippen molar-refractivity contribution in [2.75, 3.05) is 36.0 Å². The van der Waals surface area contributed by atoms with Gasteiger partial charge in [-0.05, 0) is 30.5 Å². The summed E-state index contributed by atoms with van der Waals surface area (Å²) in [5.41, 5.74) is 2.50. The number of nitrogens with zero attached hydrogens (tertiary/aromatic N) is 5. The lowest BCUT2D eigenvalue weighted by Gasteiger charge is -2.36. The van der Waals surface area contributed by atoms with Gasteiger partial charge in [0.2, 0.25) is 5.95 Å². The van der Waals surface area contributed by atoms with Crippen LogP contribution in [-0.2, 0) is 12.5 Å². The van der Waals surface area contributed by atoms with E-state index in [0.29, 0.717) is 0 Å². The molecule has 1 aliphatic carbocycles. The second kappa shape index (κ2) is 6.82. The minimum Gasteiger partial charge on any atom is -0.367 e. The van der Waals surface area contributed by atoms with Crippen LogP contribution in [0.25, 0.3) is 0 Å². The largest absolute Gasteiger partial charge is 0.367 e. The van der Waals surface area contributed by atoms with Gasteiger partial charge < -0.3 is 9.80 Å². The Bertz CT molecular complexity index is 972. The number of benzene rings is 2. The molecular weight excluding hydrogens is 370 g/mol. The highest BCUT2D eigenvalue weighted by Gasteiger charge is 2.50. The van der Waals surface area contributed by atoms with Crippen molar-refractivity contribution in [3.8, 4) is 0 Å². The van der Waals surface area contributed by atoms with Crippen LogP contribution in [0.4, 0.5) is 11.6 Å². The summed E-state index contributed by atoms with van der Waals surface area (Å²) in [6.07, 6.45) is 2.28. The third-order valence-electron chi connectivity index (χ3n) is 6.11. The molecule has 1 saturated heterocycles. The van der Waals surface area contributed by atoms with Gasteiger partial charge in [0, 0.05) is 33.2 Å². The zero-order valence-corrected chi connectivity index (χ0v) is 16.8. The topological polar surface area (TPSA) is 37.2 Å². The summed E-state index contributed by atoms with van der Waals surface area (Å²) in [4.78, 5) is 4.69. The first-order chi connectivity index (χ1) is 13.7. The number of halogens is 1. The van der Waals surface area contributed by atoms with Crippen LogP contribution in [0.3, 0.4) is 0 Å². The fraction of sp³-hybridized carbons (Fsp3) is 0.364. The van der Waals surface area contributed by atoms with Crippen molar-refractivity contribution in [1.82, 2.24) is 14.8 Å². The van der Waals surface area contributed by atoms with Gasteiger partial charge in [-0.1, -0.05) is 54.1 Å². The van der Waals surface area contributed by atoms with E-state index in [2.05, 4.69) is 68.0 Å². The second-order valence-electron chi connectivity index (χ2n) is 7.76. The Morgan fingerprint density at radius 1 is 0.821 bits per heavy atom. The molecule has 5 nitrogen and oxygen atoms in total. The van der Waals surface area contributed by atoms with Gasteiger partial charge in [0.25, 0.3) is 0 Å². The fourth-order valence-electron chi connectivity index (χ4n) is 4.39. The van der Waals surface area contributed by atoms with Crippen LogP contribution in [0.5, 0.6) is 0 Å². The molecule has 6 heteroatoms. The van der Waals surface area contributed by atoms with E-state index in [1.54, 1.807) is 0 Å². The molecule has 144 valence electrons. The standard InChI is InChI=1S/C22H24ClN5/c1-26-20(22(11-12-22)17-7-3-2-4-8-17)24-25-21(26)28-15-13-27(14-16-28)19-10-6-5-9-18(19)23/h2-10H,11-16H2,1H3. The first-order valence-electron chi connectivity index (χ1n) is 9.89. The molecule has 0 atom stereocenters. The molecule has 0 unspecified atom stereocenters. The fourth-order valence-corrected chi connectivity index (χ4v) is 4.65. The molecule has 0 bridgehead atoms. The Balaban J connectivity index is 1.35. The predicted molar refractivity (Wildman–Crippen MR) is 113 cm³/mol. The number of aromatic nitrogens is 3. The molecule has 0 amide bonds. The third-order valence-corrected chi connectivity index (χ3v) is 6.43. The van der Waals surface area contributed by atoms with Crippen molar-refractivity contribution >= 4 is 23.2 Å². The van der Waals surface area contributed by atoms with Crippen LogP contribution in [0, 0.1) is 0 Å². The summed E-state index contributed by atoms with van der Waals surface area (Å²) in [6.45, 7) is 3.68. The van der Waals surface area contributed by atoms with Crippen LogP contribution in [0.15, 0.2) is 54.6 Å². The van der Waals surface area contributed by atoms with Crippen molar-refractivity contribution in [2.45, 2.75) is 18.3 Å². The third kappa shape index (κ3) is 2.85. The van der Waals surface area contributed by atoms with Gasteiger partial charge in [0.1, 0.15) is 5.82 Å². The quantitative estimate of drug-likeness (QED) is 0.674. The monoisotopic (exact) mass is 393 g/mol. The van der Waals surface area contributed by atoms with Crippen LogP contribution in [0.2, 0.25) is 5.02 Å². The summed E-state index contributed by atoms with van der Waals surface area (Å²) >= 11 is 6.37. The smallest absolute Gasteiger partial charge is 0.227 e. The molecule has 1 saturated carbocycles. The first-order valence-corrected chi connectivity index (χ1v) is 10.3. The van der Waals surface area contributed by atoms with Crippen LogP contribution < -0.4 is 9.80 Å². The maximum Gasteiger partial charge on any atom is 0.227 e. The predicted octanol–water partition coefficient (Wildman–Crippen LogP) is 3.88. The van der Waals surface area contributed by atoms with Crippen LogP contribution >= 0.6 is 11.6 Å². The highest BCUT2D eigenvalue weighted by Crippen LogP contribution is 2.52. The summed E-state index contributed by atoms with van der Waals surface area (Å²) in [5.74, 6) is 2.05. The van der Waals surface area contributed by atoms with Crippen molar-refractivity contribution in [1.29, 1.82) is 0 Å². The zero-order chi connectivity index (χ0) is 19.1. The van der Waals surface area contributed by atoms with Crippen molar-refractivity contribution in [3.05, 3.63) is 71.0 Å². The molecule has 28 heavy (non-hydrogen) atoms. The van der Waals surface area contributed by atoms with Crippen molar-refractivity contribution in [2.24, 2.45) is 7.05 Å². The lowest BCUT2D eigenvalue weighted by Crippen LogP contribution is -2.47. The molecule has 0 spiro atoms. The molecule has 2 aliphatic rings. The van der Waals surface area contributed by atoms with Gasteiger partial charge in [-0.2, -0.15) is 0 Å². The lowest BCUT2D eigenvalue weighted by molar-refractivity contribution is 0.621. The lowest BCUT2D eigenvalue weighted by atomic mass is 9.95. The van der Waals surface area contributed by atoms with Crippen molar-refractivity contribution in [3.63, 3.8) is 0 Å². The van der Waals surface area contributed by atoms with E-state index in [1.165, 1.54) is 5.56 Å². The van der Waals surface area contributed by atoms with E-state index < -0.39 is 0 Å². The Kier molecular flexibility index (Phi) is 4.27. The van der Waals surface area contributed by atoms with Gasteiger partial charge in [0.15, 0.2) is 0 Å². The summed E-state index contributed by atoms with van der Waals surface area (Å²) < 4.78 is 2.20. The average molecular weight is 394 g/mol. The molecule has 3 aromatic rings. The number of piperazine rings is 1. The molecule has 2 heterocycles. The van der Waals surface area contributed by atoms with E-state index in [-0.39, 0.29) is 5.41 Å². The Morgan fingerprint density at radius 3 is 2.14 bits per heavy atom. The van der Waals surface area contributed by atoms with Gasteiger partial charge in [0.05, 0.1) is 16.1 Å². The van der Waals surface area contributed by atoms with Gasteiger partial charge in [-0.15, -0.1) is 10.2 Å². The van der Waals surface area contributed by atoms with Crippen LogP contribution in [0.1, 0.15) is 24.2 Å². The molecule has 0 radical (unpaired) electrons. The maximum absolute atomic E-state index is 6.37. The Morgan fingerprint density at radius 2 is 1.46 bits per heavy atom. The molecular formula is C22H24ClN5. The average Bonchev–Trinajstić information content (AvgIpc) is 3.46. The number of para-hydroxylation sites is 1. The molecule has 0 N–H and O–H groups in total. The van der Waals surface area contributed by atoms with Crippen LogP contribution in [-0.4, -0.2) is 40.9 Å². The highest BCUT2D eigenvalue weighted by molar-refractivity contribution is 6.33. The second-order valence-corrected chi connectivity index (χ2v) is 8.16. The molecule has 1 aromatic heterocycles. The number of hydrogen-bond donors (Lipinski definition) is 0. The van der Waals surface area contributed by atoms with Gasteiger partial charge in [-0.3, -0.25) is 4.57 Å². The molecule has 2 fully saturated rings. The molecule has 5 rings (SSSR count). The summed E-state index contributed by atoms with van der Waals surface area (Å²) in [6, 6.07) is 18.8. The summed E-state index contributed by atoms with van der Waals surface area (Å²) in [7, 11) is 2.11. The molecule has 1 aliphatic heterocycles. The SMILES string of the molecule is Cn1c(N2CCN(c3ccccc3Cl)CC2)nnc1C1(c2ccccc2)CC1. The minimum absolute atomic E-state index is 0.0423. The zero-order valence-electron chi connectivity index (χ0n) is 16.1. The maximum atomic E-state index is 6.37. The van der Waals surface area contributed by atoms with Gasteiger partial charge >= 0.3 is 0 Å². The Labute approximate surface area is 170 Å². The van der Waals surface area contributed by atoms with E-state index in [0.717, 1.165) is 61.5 Å². The van der Waals surface area contributed by atoms with E-state index in [9.17, 15) is 0 Å². The van der Waals surface area contributed by atoms with E-state index in [1.807, 2.05) is 18.2 Å². The number of anilines is 2. The number of rotatable bonds is 4. The normalized spacial score (nSPS) is 18.4. The van der Waals surface area contributed by atoms with E-state index in [4.69, 9.17) is 11.6 Å². The Hall–Kier alpha value is -2.53. The number of hydrogen-bond acceptors (Lipinski definition) is 4. The van der Waals surface area contributed by atoms with Crippen molar-refractivity contribution < 1.29 is 0 Å².